The fourth-order valence-electron chi connectivity index (χ4n) is 2.07. The van der Waals surface area contributed by atoms with Gasteiger partial charge >= 0.3 is 0 Å². The van der Waals surface area contributed by atoms with E-state index in [1.807, 2.05) is 13.1 Å². The van der Waals surface area contributed by atoms with Gasteiger partial charge in [-0.1, -0.05) is 0 Å². The molecule has 4 heteroatoms. The van der Waals surface area contributed by atoms with E-state index in [1.165, 1.54) is 24.3 Å². The van der Waals surface area contributed by atoms with Crippen LogP contribution < -0.4 is 0 Å². The van der Waals surface area contributed by atoms with Crippen LogP contribution in [0.1, 0.15) is 24.2 Å². The number of thioether (sulfide) groups is 1. The summed E-state index contributed by atoms with van der Waals surface area (Å²) in [6, 6.07) is 2.03. The molecule has 0 amide bonds. The van der Waals surface area contributed by atoms with Crippen LogP contribution in [0.2, 0.25) is 0 Å². The first kappa shape index (κ1) is 11.0. The minimum Gasteiger partial charge on any atom is -0.390 e. The maximum atomic E-state index is 9.07. The number of aliphatic hydroxyl groups excluding tert-OH is 1. The van der Waals surface area contributed by atoms with Gasteiger partial charge < -0.3 is 5.11 Å². The highest BCUT2D eigenvalue weighted by atomic mass is 32.2. The Morgan fingerprint density at radius 2 is 2.27 bits per heavy atom. The smallest absolute Gasteiger partial charge is 0.0849 e. The van der Waals surface area contributed by atoms with Gasteiger partial charge in [0.05, 0.1) is 18.0 Å². The minimum absolute atomic E-state index is 0.0873. The van der Waals surface area contributed by atoms with Gasteiger partial charge in [0.2, 0.25) is 0 Å². The van der Waals surface area contributed by atoms with Crippen molar-refractivity contribution in [2.24, 2.45) is 13.0 Å². The summed E-state index contributed by atoms with van der Waals surface area (Å²) in [7, 11) is 1.89. The van der Waals surface area contributed by atoms with Crippen LogP contribution in [-0.4, -0.2) is 26.4 Å². The van der Waals surface area contributed by atoms with Gasteiger partial charge in [0.25, 0.3) is 0 Å². The summed E-state index contributed by atoms with van der Waals surface area (Å²) in [4.78, 5) is 0. The lowest BCUT2D eigenvalue weighted by Crippen LogP contribution is -2.12. The quantitative estimate of drug-likeness (QED) is 0.850. The summed E-state index contributed by atoms with van der Waals surface area (Å²) < 4.78 is 1.78. The first-order chi connectivity index (χ1) is 7.29. The summed E-state index contributed by atoms with van der Waals surface area (Å²) in [5.41, 5.74) is 2.05. The Kier molecular flexibility index (Phi) is 3.70. The van der Waals surface area contributed by atoms with Crippen molar-refractivity contribution in [1.82, 2.24) is 9.78 Å². The van der Waals surface area contributed by atoms with Gasteiger partial charge in [0, 0.05) is 7.05 Å². The molecule has 2 heterocycles. The molecule has 1 aromatic rings. The Morgan fingerprint density at radius 1 is 1.53 bits per heavy atom. The van der Waals surface area contributed by atoms with Crippen molar-refractivity contribution >= 4 is 11.8 Å². The first-order valence-electron chi connectivity index (χ1n) is 5.50. The molecule has 3 nitrogen and oxygen atoms in total. The number of aliphatic hydroxyl groups is 1. The average molecular weight is 226 g/mol. The van der Waals surface area contributed by atoms with Crippen molar-refractivity contribution in [2.45, 2.75) is 25.9 Å². The normalized spacial score (nSPS) is 18.3. The van der Waals surface area contributed by atoms with Crippen LogP contribution in [0.5, 0.6) is 0 Å². The summed E-state index contributed by atoms with van der Waals surface area (Å²) in [6.45, 7) is 0.0873. The van der Waals surface area contributed by atoms with Crippen molar-refractivity contribution in [3.63, 3.8) is 0 Å². The lowest BCUT2D eigenvalue weighted by Gasteiger charge is -2.19. The third kappa shape index (κ3) is 2.75. The highest BCUT2D eigenvalue weighted by Crippen LogP contribution is 2.25. The lowest BCUT2D eigenvalue weighted by atomic mass is 9.97. The van der Waals surface area contributed by atoms with E-state index in [2.05, 4.69) is 16.9 Å². The highest BCUT2D eigenvalue weighted by molar-refractivity contribution is 7.99. The summed E-state index contributed by atoms with van der Waals surface area (Å²) in [5, 5.41) is 13.5. The average Bonchev–Trinajstić information content (AvgIpc) is 2.60. The summed E-state index contributed by atoms with van der Waals surface area (Å²) in [5.74, 6) is 3.39. The Morgan fingerprint density at radius 3 is 2.87 bits per heavy atom. The molecule has 0 spiro atoms. The van der Waals surface area contributed by atoms with Crippen molar-refractivity contribution in [3.8, 4) is 0 Å². The van der Waals surface area contributed by atoms with E-state index in [9.17, 15) is 0 Å². The van der Waals surface area contributed by atoms with Crippen molar-refractivity contribution < 1.29 is 5.11 Å². The maximum absolute atomic E-state index is 9.07. The Hall–Kier alpha value is -0.480. The molecule has 2 rings (SSSR count). The van der Waals surface area contributed by atoms with E-state index in [0.717, 1.165) is 23.7 Å². The van der Waals surface area contributed by atoms with Gasteiger partial charge in [-0.2, -0.15) is 16.9 Å². The second-order valence-electron chi connectivity index (χ2n) is 4.17. The molecule has 84 valence electrons. The molecule has 0 saturated carbocycles. The van der Waals surface area contributed by atoms with E-state index in [-0.39, 0.29) is 6.61 Å². The number of hydrogen-bond donors (Lipinski definition) is 1. The van der Waals surface area contributed by atoms with Gasteiger partial charge in [0.1, 0.15) is 0 Å². The third-order valence-corrected chi connectivity index (χ3v) is 4.08. The second-order valence-corrected chi connectivity index (χ2v) is 5.39. The maximum Gasteiger partial charge on any atom is 0.0849 e. The SMILES string of the molecule is Cn1nc(CC2CCSCC2)cc1CO. The van der Waals surface area contributed by atoms with E-state index in [1.54, 1.807) is 4.68 Å². The summed E-state index contributed by atoms with van der Waals surface area (Å²) in [6.07, 6.45) is 3.71. The molecular formula is C11H18N2OS. The molecule has 0 atom stereocenters. The lowest BCUT2D eigenvalue weighted by molar-refractivity contribution is 0.270. The Bertz CT molecular complexity index is 318. The standard InChI is InChI=1S/C11H18N2OS/c1-13-11(8-14)7-10(12-13)6-9-2-4-15-5-3-9/h7,9,14H,2-6,8H2,1H3. The Labute approximate surface area is 94.9 Å². The zero-order valence-corrected chi connectivity index (χ0v) is 9.96. The number of rotatable bonds is 3. The Balaban J connectivity index is 1.97. The molecule has 1 aliphatic rings. The number of hydrogen-bond acceptors (Lipinski definition) is 3. The van der Waals surface area contributed by atoms with E-state index in [4.69, 9.17) is 5.11 Å². The van der Waals surface area contributed by atoms with Crippen LogP contribution in [0, 0.1) is 5.92 Å². The minimum atomic E-state index is 0.0873. The molecule has 1 N–H and O–H groups in total. The second kappa shape index (κ2) is 5.03. The zero-order valence-electron chi connectivity index (χ0n) is 9.15. The van der Waals surface area contributed by atoms with Crippen LogP contribution in [0.25, 0.3) is 0 Å². The molecule has 1 aliphatic heterocycles. The topological polar surface area (TPSA) is 38.0 Å². The molecule has 0 unspecified atom stereocenters. The fraction of sp³-hybridized carbons (Fsp3) is 0.727. The molecular weight excluding hydrogens is 208 g/mol. The number of aryl methyl sites for hydroxylation is 1. The van der Waals surface area contributed by atoms with Gasteiger partial charge in [-0.3, -0.25) is 4.68 Å². The van der Waals surface area contributed by atoms with E-state index < -0.39 is 0 Å². The van der Waals surface area contributed by atoms with Crippen LogP contribution in [0.4, 0.5) is 0 Å². The first-order valence-corrected chi connectivity index (χ1v) is 6.65. The highest BCUT2D eigenvalue weighted by Gasteiger charge is 2.16. The van der Waals surface area contributed by atoms with Crippen molar-refractivity contribution in [2.75, 3.05) is 11.5 Å². The number of aromatic nitrogens is 2. The molecule has 1 aromatic heterocycles. The summed E-state index contributed by atoms with van der Waals surface area (Å²) >= 11 is 2.06. The van der Waals surface area contributed by atoms with Gasteiger partial charge in [-0.15, -0.1) is 0 Å². The predicted molar refractivity (Wildman–Crippen MR) is 62.9 cm³/mol. The van der Waals surface area contributed by atoms with Crippen LogP contribution in [0.3, 0.4) is 0 Å². The van der Waals surface area contributed by atoms with Gasteiger partial charge in [-0.05, 0) is 42.8 Å². The molecule has 15 heavy (non-hydrogen) atoms. The molecule has 0 radical (unpaired) electrons. The van der Waals surface area contributed by atoms with Crippen molar-refractivity contribution in [1.29, 1.82) is 0 Å². The molecule has 0 bridgehead atoms. The molecule has 1 fully saturated rings. The van der Waals surface area contributed by atoms with Crippen LogP contribution >= 0.6 is 11.8 Å². The monoisotopic (exact) mass is 226 g/mol. The molecule has 0 aliphatic carbocycles. The van der Waals surface area contributed by atoms with Crippen molar-refractivity contribution in [3.05, 3.63) is 17.5 Å². The van der Waals surface area contributed by atoms with Crippen LogP contribution in [0.15, 0.2) is 6.07 Å². The van der Waals surface area contributed by atoms with Gasteiger partial charge in [0.15, 0.2) is 0 Å². The van der Waals surface area contributed by atoms with Crippen LogP contribution in [-0.2, 0) is 20.1 Å². The van der Waals surface area contributed by atoms with E-state index >= 15 is 0 Å². The molecule has 1 saturated heterocycles. The largest absolute Gasteiger partial charge is 0.390 e. The predicted octanol–water partition coefficient (Wildman–Crippen LogP) is 1.60. The fourth-order valence-corrected chi connectivity index (χ4v) is 3.27. The van der Waals surface area contributed by atoms with E-state index in [0.29, 0.717) is 0 Å². The molecule has 0 aromatic carbocycles. The number of nitrogens with zero attached hydrogens (tertiary/aromatic N) is 2. The van der Waals surface area contributed by atoms with Gasteiger partial charge in [-0.25, -0.2) is 0 Å². The zero-order chi connectivity index (χ0) is 10.7. The third-order valence-electron chi connectivity index (χ3n) is 3.03.